The molecule has 1 amide bonds. The third-order valence-corrected chi connectivity index (χ3v) is 2.70. The van der Waals surface area contributed by atoms with Gasteiger partial charge in [-0.3, -0.25) is 9.78 Å². The highest BCUT2D eigenvalue weighted by Crippen LogP contribution is 2.08. The van der Waals surface area contributed by atoms with Gasteiger partial charge in [0.2, 0.25) is 0 Å². The van der Waals surface area contributed by atoms with Gasteiger partial charge in [-0.15, -0.1) is 0 Å². The second kappa shape index (κ2) is 6.07. The highest BCUT2D eigenvalue weighted by molar-refractivity contribution is 5.96. The van der Waals surface area contributed by atoms with Gasteiger partial charge in [0.05, 0.1) is 17.2 Å². The number of para-hydroxylation sites is 2. The summed E-state index contributed by atoms with van der Waals surface area (Å²) in [5.41, 5.74) is 1.23. The third-order valence-electron chi connectivity index (χ3n) is 2.70. The number of nitrogens with zero attached hydrogens (tertiary/aromatic N) is 2. The Morgan fingerprint density at radius 2 is 1.95 bits per heavy atom. The molecule has 0 radical (unpaired) electrons. The fourth-order valence-corrected chi connectivity index (χ4v) is 1.69. The van der Waals surface area contributed by atoms with Crippen LogP contribution in [0.2, 0.25) is 0 Å². The molecule has 7 nitrogen and oxygen atoms in total. The van der Waals surface area contributed by atoms with E-state index in [0.29, 0.717) is 11.0 Å². The Balaban J connectivity index is 2.20. The number of rotatable bonds is 5. The van der Waals surface area contributed by atoms with Gasteiger partial charge in [-0.25, -0.2) is 9.78 Å². The molecule has 0 unspecified atom stereocenters. The number of benzene rings is 1. The highest BCUT2D eigenvalue weighted by atomic mass is 16.4. The SMILES string of the molecule is O=C(N[C@@H](CCO)C(=O)O)c1cnc2ccccc2n1. The van der Waals surface area contributed by atoms with Crippen LogP contribution in [0.15, 0.2) is 30.5 Å². The Morgan fingerprint density at radius 1 is 1.25 bits per heavy atom. The van der Waals surface area contributed by atoms with Crippen LogP contribution in [0.5, 0.6) is 0 Å². The maximum Gasteiger partial charge on any atom is 0.326 e. The summed E-state index contributed by atoms with van der Waals surface area (Å²) in [4.78, 5) is 31.0. The van der Waals surface area contributed by atoms with Crippen LogP contribution in [0.4, 0.5) is 0 Å². The van der Waals surface area contributed by atoms with E-state index in [9.17, 15) is 9.59 Å². The number of aromatic nitrogens is 2. The third kappa shape index (κ3) is 3.07. The number of carboxylic acid groups (broad SMARTS) is 1. The highest BCUT2D eigenvalue weighted by Gasteiger charge is 2.20. The molecule has 7 heteroatoms. The molecule has 1 aromatic heterocycles. The van der Waals surface area contributed by atoms with Gasteiger partial charge >= 0.3 is 5.97 Å². The van der Waals surface area contributed by atoms with Crippen LogP contribution < -0.4 is 5.32 Å². The normalized spacial score (nSPS) is 12.1. The van der Waals surface area contributed by atoms with Crippen LogP contribution in [0.1, 0.15) is 16.9 Å². The average Bonchev–Trinajstić information content (AvgIpc) is 2.46. The molecule has 0 saturated heterocycles. The van der Waals surface area contributed by atoms with Crippen molar-refractivity contribution in [2.75, 3.05) is 6.61 Å². The van der Waals surface area contributed by atoms with Gasteiger partial charge < -0.3 is 15.5 Å². The van der Waals surface area contributed by atoms with E-state index in [1.54, 1.807) is 24.3 Å². The topological polar surface area (TPSA) is 112 Å². The summed E-state index contributed by atoms with van der Waals surface area (Å²) >= 11 is 0. The van der Waals surface area contributed by atoms with Crippen molar-refractivity contribution < 1.29 is 19.8 Å². The molecule has 2 rings (SSSR count). The zero-order valence-electron chi connectivity index (χ0n) is 10.5. The second-order valence-corrected chi connectivity index (χ2v) is 4.12. The van der Waals surface area contributed by atoms with Crippen molar-refractivity contribution in [2.45, 2.75) is 12.5 Å². The molecular weight excluding hydrogens is 262 g/mol. The van der Waals surface area contributed by atoms with E-state index in [-0.39, 0.29) is 18.7 Å². The number of carbonyl (C=O) groups excluding carboxylic acids is 1. The molecule has 104 valence electrons. The largest absolute Gasteiger partial charge is 0.480 e. The van der Waals surface area contributed by atoms with Gasteiger partial charge in [-0.1, -0.05) is 12.1 Å². The zero-order valence-corrected chi connectivity index (χ0v) is 10.5. The Bertz CT molecular complexity index is 644. The predicted molar refractivity (Wildman–Crippen MR) is 70.1 cm³/mol. The lowest BCUT2D eigenvalue weighted by molar-refractivity contribution is -0.139. The smallest absolute Gasteiger partial charge is 0.326 e. The molecule has 0 fully saturated rings. The monoisotopic (exact) mass is 275 g/mol. The van der Waals surface area contributed by atoms with E-state index < -0.39 is 17.9 Å². The van der Waals surface area contributed by atoms with E-state index in [1.807, 2.05) is 0 Å². The van der Waals surface area contributed by atoms with Crippen molar-refractivity contribution in [2.24, 2.45) is 0 Å². The second-order valence-electron chi connectivity index (χ2n) is 4.12. The number of aliphatic carboxylic acids is 1. The van der Waals surface area contributed by atoms with Crippen LogP contribution in [0, 0.1) is 0 Å². The fourth-order valence-electron chi connectivity index (χ4n) is 1.69. The van der Waals surface area contributed by atoms with Crippen LogP contribution in [0.3, 0.4) is 0 Å². The molecule has 2 aromatic rings. The number of aliphatic hydroxyl groups is 1. The molecule has 20 heavy (non-hydrogen) atoms. The van der Waals surface area contributed by atoms with Crippen LogP contribution in [-0.4, -0.2) is 44.7 Å². The number of carbonyl (C=O) groups is 2. The lowest BCUT2D eigenvalue weighted by Crippen LogP contribution is -2.41. The summed E-state index contributed by atoms with van der Waals surface area (Å²) in [6.07, 6.45) is 1.22. The Kier molecular flexibility index (Phi) is 4.21. The number of nitrogens with one attached hydrogen (secondary N) is 1. The number of hydrogen-bond acceptors (Lipinski definition) is 5. The van der Waals surface area contributed by atoms with E-state index in [2.05, 4.69) is 15.3 Å². The molecule has 0 saturated carbocycles. The Morgan fingerprint density at radius 3 is 2.60 bits per heavy atom. The minimum absolute atomic E-state index is 0.0351. The van der Waals surface area contributed by atoms with E-state index in [1.165, 1.54) is 6.20 Å². The van der Waals surface area contributed by atoms with E-state index in [4.69, 9.17) is 10.2 Å². The fraction of sp³-hybridized carbons (Fsp3) is 0.231. The Hall–Kier alpha value is -2.54. The molecule has 1 heterocycles. The minimum Gasteiger partial charge on any atom is -0.480 e. The average molecular weight is 275 g/mol. The number of aliphatic hydroxyl groups excluding tert-OH is 1. The summed E-state index contributed by atoms with van der Waals surface area (Å²) in [5, 5.41) is 20.0. The molecule has 0 bridgehead atoms. The number of amides is 1. The standard InChI is InChI=1S/C13H13N3O4/c17-6-5-10(13(19)20)16-12(18)11-7-14-8-3-1-2-4-9(8)15-11/h1-4,7,10,17H,5-6H2,(H,16,18)(H,19,20)/t10-/m0/s1. The first-order valence-corrected chi connectivity index (χ1v) is 5.98. The summed E-state index contributed by atoms with van der Waals surface area (Å²) in [7, 11) is 0. The molecule has 0 aliphatic heterocycles. The van der Waals surface area contributed by atoms with Gasteiger partial charge in [0.25, 0.3) is 5.91 Å². The van der Waals surface area contributed by atoms with Crippen LogP contribution in [-0.2, 0) is 4.79 Å². The molecular formula is C13H13N3O4. The lowest BCUT2D eigenvalue weighted by Gasteiger charge is -2.12. The molecule has 0 spiro atoms. The van der Waals surface area contributed by atoms with Crippen molar-refractivity contribution >= 4 is 22.9 Å². The van der Waals surface area contributed by atoms with Crippen molar-refractivity contribution in [3.05, 3.63) is 36.2 Å². The van der Waals surface area contributed by atoms with Crippen molar-refractivity contribution in [1.82, 2.24) is 15.3 Å². The number of fused-ring (bicyclic) bond motifs is 1. The van der Waals surface area contributed by atoms with Crippen LogP contribution >= 0.6 is 0 Å². The van der Waals surface area contributed by atoms with Crippen LogP contribution in [0.25, 0.3) is 11.0 Å². The number of carboxylic acids is 1. The Labute approximate surface area is 114 Å². The van der Waals surface area contributed by atoms with Gasteiger partial charge in [0.1, 0.15) is 11.7 Å². The van der Waals surface area contributed by atoms with Crippen molar-refractivity contribution in [1.29, 1.82) is 0 Å². The molecule has 1 aromatic carbocycles. The number of hydrogen-bond donors (Lipinski definition) is 3. The summed E-state index contributed by atoms with van der Waals surface area (Å²) < 4.78 is 0. The molecule has 0 aliphatic rings. The lowest BCUT2D eigenvalue weighted by atomic mass is 10.2. The van der Waals surface area contributed by atoms with Gasteiger partial charge in [0.15, 0.2) is 0 Å². The summed E-state index contributed by atoms with van der Waals surface area (Å²) in [5.74, 6) is -1.84. The maximum atomic E-state index is 11.9. The predicted octanol–water partition coefficient (Wildman–Crippen LogP) is 0.195. The first kappa shape index (κ1) is 13.9. The van der Waals surface area contributed by atoms with Crippen molar-refractivity contribution in [3.8, 4) is 0 Å². The van der Waals surface area contributed by atoms with E-state index in [0.717, 1.165) is 0 Å². The maximum absolute atomic E-state index is 11.9. The van der Waals surface area contributed by atoms with Gasteiger partial charge in [-0.2, -0.15) is 0 Å². The molecule has 1 atom stereocenters. The molecule has 0 aliphatic carbocycles. The van der Waals surface area contributed by atoms with Gasteiger partial charge in [-0.05, 0) is 12.1 Å². The summed E-state index contributed by atoms with van der Waals surface area (Å²) in [6.45, 7) is -0.333. The first-order valence-electron chi connectivity index (χ1n) is 5.98. The quantitative estimate of drug-likeness (QED) is 0.718. The molecule has 3 N–H and O–H groups in total. The first-order chi connectivity index (χ1) is 9.61. The van der Waals surface area contributed by atoms with Crippen molar-refractivity contribution in [3.63, 3.8) is 0 Å². The van der Waals surface area contributed by atoms with E-state index >= 15 is 0 Å². The zero-order chi connectivity index (χ0) is 14.5. The van der Waals surface area contributed by atoms with Gasteiger partial charge in [0, 0.05) is 13.0 Å². The minimum atomic E-state index is -1.21. The summed E-state index contributed by atoms with van der Waals surface area (Å²) in [6, 6.07) is 5.89.